The molecule has 1 aliphatic rings. The van der Waals surface area contributed by atoms with Gasteiger partial charge in [0.2, 0.25) is 0 Å². The van der Waals surface area contributed by atoms with Crippen LogP contribution < -0.4 is 5.32 Å². The summed E-state index contributed by atoms with van der Waals surface area (Å²) in [6, 6.07) is 1.96. The number of nitrogens with one attached hydrogen (secondary N) is 1. The molecule has 0 aliphatic heterocycles. The van der Waals surface area contributed by atoms with Crippen molar-refractivity contribution in [3.8, 4) is 0 Å². The van der Waals surface area contributed by atoms with Crippen molar-refractivity contribution >= 4 is 22.9 Å². The molecule has 14 heavy (non-hydrogen) atoms. The third kappa shape index (κ3) is 2.07. The number of fused-ring (bicyclic) bond motifs is 1. The summed E-state index contributed by atoms with van der Waals surface area (Å²) in [6.45, 7) is -0.239. The maximum Gasteiger partial charge on any atom is 0.250 e. The Morgan fingerprint density at radius 3 is 3.14 bits per heavy atom. The van der Waals surface area contributed by atoms with Crippen LogP contribution in [0.2, 0.25) is 4.34 Å². The van der Waals surface area contributed by atoms with E-state index in [2.05, 4.69) is 5.32 Å². The lowest BCUT2D eigenvalue weighted by atomic mass is 10.2. The first-order valence-corrected chi connectivity index (χ1v) is 5.66. The Hall–Kier alpha value is -0.190. The summed E-state index contributed by atoms with van der Waals surface area (Å²) in [5, 5.41) is 2.85. The van der Waals surface area contributed by atoms with Crippen LogP contribution in [0.4, 0.5) is 8.78 Å². The van der Waals surface area contributed by atoms with E-state index in [9.17, 15) is 8.78 Å². The molecule has 5 heteroatoms. The van der Waals surface area contributed by atoms with Crippen molar-refractivity contribution in [1.82, 2.24) is 5.32 Å². The molecule has 0 aromatic carbocycles. The standard InChI is InChI=1S/C9H10ClF2NS/c10-8-3-5-6(13-4-9(11)12)1-2-7(5)14-8/h3,6,9,13H,1-2,4H2. The fraction of sp³-hybridized carbons (Fsp3) is 0.556. The summed E-state index contributed by atoms with van der Waals surface area (Å²) in [5.74, 6) is 0. The second kappa shape index (κ2) is 4.13. The van der Waals surface area contributed by atoms with Gasteiger partial charge in [0, 0.05) is 10.9 Å². The summed E-state index contributed by atoms with van der Waals surface area (Å²) in [7, 11) is 0. The monoisotopic (exact) mass is 237 g/mol. The first kappa shape index (κ1) is 10.3. The highest BCUT2D eigenvalue weighted by Crippen LogP contribution is 2.39. The minimum absolute atomic E-state index is 0.0720. The Kier molecular flexibility index (Phi) is 3.04. The minimum Gasteiger partial charge on any atom is -0.304 e. The Labute approximate surface area is 90.1 Å². The SMILES string of the molecule is FC(F)CNC1CCc2sc(Cl)cc21. The summed E-state index contributed by atoms with van der Waals surface area (Å²) in [5.41, 5.74) is 1.11. The van der Waals surface area contributed by atoms with Gasteiger partial charge in [-0.15, -0.1) is 11.3 Å². The largest absolute Gasteiger partial charge is 0.304 e. The molecule has 1 unspecified atom stereocenters. The molecule has 78 valence electrons. The molecule has 0 bridgehead atoms. The van der Waals surface area contributed by atoms with Crippen LogP contribution in [0.25, 0.3) is 0 Å². The highest BCUT2D eigenvalue weighted by molar-refractivity contribution is 7.16. The predicted molar refractivity (Wildman–Crippen MR) is 54.4 cm³/mol. The van der Waals surface area contributed by atoms with Crippen LogP contribution >= 0.6 is 22.9 Å². The molecule has 1 nitrogen and oxygen atoms in total. The Balaban J connectivity index is 2.02. The second-order valence-corrected chi connectivity index (χ2v) is 5.09. The lowest BCUT2D eigenvalue weighted by molar-refractivity contribution is 0.141. The lowest BCUT2D eigenvalue weighted by Crippen LogP contribution is -2.24. The Morgan fingerprint density at radius 2 is 2.43 bits per heavy atom. The van der Waals surface area contributed by atoms with Crippen LogP contribution in [0.15, 0.2) is 6.07 Å². The summed E-state index contributed by atoms with van der Waals surface area (Å²) < 4.78 is 24.7. The van der Waals surface area contributed by atoms with Crippen molar-refractivity contribution in [2.24, 2.45) is 0 Å². The highest BCUT2D eigenvalue weighted by Gasteiger charge is 2.25. The van der Waals surface area contributed by atoms with Gasteiger partial charge in [-0.2, -0.15) is 0 Å². The molecular weight excluding hydrogens is 228 g/mol. The smallest absolute Gasteiger partial charge is 0.250 e. The zero-order valence-electron chi connectivity index (χ0n) is 7.40. The maximum absolute atomic E-state index is 12.0. The van der Waals surface area contributed by atoms with Crippen molar-refractivity contribution in [1.29, 1.82) is 0 Å². The number of hydrogen-bond acceptors (Lipinski definition) is 2. The lowest BCUT2D eigenvalue weighted by Gasteiger charge is -2.11. The quantitative estimate of drug-likeness (QED) is 0.851. The van der Waals surface area contributed by atoms with Crippen molar-refractivity contribution in [2.45, 2.75) is 25.3 Å². The van der Waals surface area contributed by atoms with Crippen LogP contribution in [-0.4, -0.2) is 13.0 Å². The van der Waals surface area contributed by atoms with Gasteiger partial charge >= 0.3 is 0 Å². The van der Waals surface area contributed by atoms with Gasteiger partial charge in [0.15, 0.2) is 0 Å². The van der Waals surface area contributed by atoms with Crippen LogP contribution in [0.3, 0.4) is 0 Å². The van der Waals surface area contributed by atoms with Crippen LogP contribution in [0.1, 0.15) is 22.9 Å². The van der Waals surface area contributed by atoms with Gasteiger partial charge in [0.1, 0.15) is 0 Å². The molecule has 0 radical (unpaired) electrons. The van der Waals surface area contributed by atoms with Crippen molar-refractivity contribution < 1.29 is 8.78 Å². The third-order valence-corrected chi connectivity index (χ3v) is 3.71. The average molecular weight is 238 g/mol. The Morgan fingerprint density at radius 1 is 1.64 bits per heavy atom. The van der Waals surface area contributed by atoms with Gasteiger partial charge in [0.25, 0.3) is 6.43 Å². The average Bonchev–Trinajstić information content (AvgIpc) is 2.60. The predicted octanol–water partition coefficient (Wildman–Crippen LogP) is 3.24. The summed E-state index contributed by atoms with van der Waals surface area (Å²) in [6.07, 6.45) is -0.424. The van der Waals surface area contributed by atoms with Gasteiger partial charge in [-0.25, -0.2) is 8.78 Å². The van der Waals surface area contributed by atoms with Crippen LogP contribution in [0.5, 0.6) is 0 Å². The fourth-order valence-electron chi connectivity index (χ4n) is 1.77. The molecule has 0 amide bonds. The van der Waals surface area contributed by atoms with E-state index in [1.807, 2.05) is 6.07 Å². The zero-order valence-corrected chi connectivity index (χ0v) is 8.97. The molecule has 2 rings (SSSR count). The molecule has 0 saturated heterocycles. The molecule has 0 saturated carbocycles. The summed E-state index contributed by atoms with van der Waals surface area (Å²) in [4.78, 5) is 1.24. The van der Waals surface area contributed by atoms with E-state index in [1.165, 1.54) is 4.88 Å². The molecular formula is C9H10ClF2NS. The van der Waals surface area contributed by atoms with E-state index in [1.54, 1.807) is 11.3 Å². The van der Waals surface area contributed by atoms with Crippen LogP contribution in [0, 0.1) is 0 Å². The van der Waals surface area contributed by atoms with E-state index in [0.717, 1.165) is 22.7 Å². The van der Waals surface area contributed by atoms with Gasteiger partial charge in [-0.3, -0.25) is 0 Å². The molecule has 1 aromatic heterocycles. The second-order valence-electron chi connectivity index (χ2n) is 3.32. The topological polar surface area (TPSA) is 12.0 Å². The number of hydrogen-bond donors (Lipinski definition) is 1. The zero-order chi connectivity index (χ0) is 10.1. The van der Waals surface area contributed by atoms with E-state index < -0.39 is 6.43 Å². The first-order chi connectivity index (χ1) is 6.66. The molecule has 1 aromatic rings. The van der Waals surface area contributed by atoms with Crippen molar-refractivity contribution in [3.63, 3.8) is 0 Å². The number of alkyl halides is 2. The van der Waals surface area contributed by atoms with Gasteiger partial charge in [0.05, 0.1) is 10.9 Å². The number of rotatable bonds is 3. The van der Waals surface area contributed by atoms with E-state index in [0.29, 0.717) is 0 Å². The molecule has 0 fully saturated rings. The molecule has 1 atom stereocenters. The van der Waals surface area contributed by atoms with Crippen molar-refractivity contribution in [2.75, 3.05) is 6.54 Å². The normalized spacial score (nSPS) is 20.4. The number of thiophene rings is 1. The highest BCUT2D eigenvalue weighted by atomic mass is 35.5. The van der Waals surface area contributed by atoms with Gasteiger partial charge in [-0.1, -0.05) is 11.6 Å². The van der Waals surface area contributed by atoms with Crippen LogP contribution in [-0.2, 0) is 6.42 Å². The molecule has 1 N–H and O–H groups in total. The van der Waals surface area contributed by atoms with E-state index in [-0.39, 0.29) is 12.6 Å². The number of halogens is 3. The third-order valence-electron chi connectivity index (χ3n) is 2.37. The molecule has 1 heterocycles. The van der Waals surface area contributed by atoms with Gasteiger partial charge < -0.3 is 5.32 Å². The van der Waals surface area contributed by atoms with E-state index >= 15 is 0 Å². The minimum atomic E-state index is -2.28. The maximum atomic E-state index is 12.0. The molecule has 0 spiro atoms. The fourth-order valence-corrected chi connectivity index (χ4v) is 3.13. The van der Waals surface area contributed by atoms with Gasteiger partial charge in [-0.05, 0) is 24.5 Å². The number of aryl methyl sites for hydroxylation is 1. The summed E-state index contributed by atoms with van der Waals surface area (Å²) >= 11 is 7.40. The van der Waals surface area contributed by atoms with Crippen molar-refractivity contribution in [3.05, 3.63) is 20.8 Å². The Bertz CT molecular complexity index is 327. The first-order valence-electron chi connectivity index (χ1n) is 4.46. The molecule has 1 aliphatic carbocycles. The van der Waals surface area contributed by atoms with E-state index in [4.69, 9.17) is 11.6 Å².